The van der Waals surface area contributed by atoms with Gasteiger partial charge in [0.05, 0.1) is 11.4 Å². The van der Waals surface area contributed by atoms with Crippen LogP contribution in [0.25, 0.3) is 0 Å². The van der Waals surface area contributed by atoms with Gasteiger partial charge in [0.1, 0.15) is 9.79 Å². The van der Waals surface area contributed by atoms with Crippen molar-refractivity contribution in [3.8, 4) is 11.5 Å². The van der Waals surface area contributed by atoms with Crippen molar-refractivity contribution < 1.29 is 39.6 Å². The number of anilines is 2. The molecule has 0 heterocycles. The number of nitrogens with two attached hydrogens (primary N) is 2. The monoisotopic (exact) mass is 451 g/mol. The lowest BCUT2D eigenvalue weighted by Gasteiger charge is -2.07. The number of nitrogen functional groups attached to an aromatic ring is 2. The zero-order valence-corrected chi connectivity index (χ0v) is 17.0. The SMILES string of the molecule is Cc1cc(S(=O)(=O)O)c(N)cc1O[P+](=O)Oc1cc(N)c(S(=O)(=O)O)cc1C. The third-order valence-corrected chi connectivity index (χ3v) is 6.03. The van der Waals surface area contributed by atoms with Crippen LogP contribution in [-0.2, 0) is 24.8 Å². The molecule has 28 heavy (non-hydrogen) atoms. The van der Waals surface area contributed by atoms with Crippen molar-refractivity contribution in [3.63, 3.8) is 0 Å². The molecule has 0 saturated carbocycles. The molecule has 6 N–H and O–H groups in total. The number of hydrogen-bond donors (Lipinski definition) is 4. The highest BCUT2D eigenvalue weighted by Gasteiger charge is 2.29. The van der Waals surface area contributed by atoms with E-state index in [0.29, 0.717) is 0 Å². The van der Waals surface area contributed by atoms with Crippen molar-refractivity contribution in [2.24, 2.45) is 0 Å². The Morgan fingerprint density at radius 1 is 0.786 bits per heavy atom. The third-order valence-electron chi connectivity index (χ3n) is 3.52. The smallest absolute Gasteiger partial charge is 0.397 e. The van der Waals surface area contributed by atoms with Crippen LogP contribution in [0.15, 0.2) is 34.1 Å². The molecule has 0 aliphatic rings. The quantitative estimate of drug-likeness (QED) is 0.285. The molecule has 2 rings (SSSR count). The lowest BCUT2D eigenvalue weighted by Crippen LogP contribution is -2.05. The molecule has 0 radical (unpaired) electrons. The maximum Gasteiger partial charge on any atom is 0.805 e. The zero-order valence-electron chi connectivity index (χ0n) is 14.5. The maximum atomic E-state index is 12.2. The lowest BCUT2D eigenvalue weighted by atomic mass is 10.2. The Hall–Kier alpha value is -2.44. The minimum atomic E-state index is -4.54. The summed E-state index contributed by atoms with van der Waals surface area (Å²) in [6.45, 7) is 2.85. The van der Waals surface area contributed by atoms with Gasteiger partial charge in [-0.1, -0.05) is 0 Å². The number of rotatable bonds is 6. The van der Waals surface area contributed by atoms with Gasteiger partial charge < -0.3 is 11.5 Å². The fourth-order valence-corrected chi connectivity index (χ4v) is 4.29. The van der Waals surface area contributed by atoms with Gasteiger partial charge in [0.2, 0.25) is 0 Å². The molecule has 2 aromatic rings. The van der Waals surface area contributed by atoms with Gasteiger partial charge in [-0.2, -0.15) is 16.8 Å². The molecule has 0 amide bonds. The fourth-order valence-electron chi connectivity index (χ4n) is 2.18. The summed E-state index contributed by atoms with van der Waals surface area (Å²) < 4.78 is 85.5. The average Bonchev–Trinajstić information content (AvgIpc) is 2.51. The van der Waals surface area contributed by atoms with Gasteiger partial charge in [-0.25, -0.2) is 9.05 Å². The molecule has 0 bridgehead atoms. The minimum Gasteiger partial charge on any atom is -0.397 e. The van der Waals surface area contributed by atoms with E-state index in [-0.39, 0.29) is 34.0 Å². The molecule has 11 nitrogen and oxygen atoms in total. The molecule has 0 aliphatic carbocycles. The van der Waals surface area contributed by atoms with Gasteiger partial charge in [0.25, 0.3) is 20.2 Å². The summed E-state index contributed by atoms with van der Waals surface area (Å²) in [5.74, 6) is -0.127. The standard InChI is InChI=1S/C14H15N2O9PS2/c1-7-3-13(27(18,19)20)9(15)5-11(7)24-26(17)25-12-6-10(16)14(4-8(12)2)28(21,22)23/h3-6H,15-16H2,1-2H3,(H-,18,19,20,21,22,23)/p+1. The van der Waals surface area contributed by atoms with E-state index in [1.165, 1.54) is 13.8 Å². The summed E-state index contributed by atoms with van der Waals surface area (Å²) >= 11 is 0. The van der Waals surface area contributed by atoms with Crippen LogP contribution in [-0.4, -0.2) is 25.9 Å². The van der Waals surface area contributed by atoms with Gasteiger partial charge in [0, 0.05) is 16.7 Å². The summed E-state index contributed by atoms with van der Waals surface area (Å²) in [5.41, 5.74) is 10.9. The summed E-state index contributed by atoms with van der Waals surface area (Å²) in [6.07, 6.45) is 0. The largest absolute Gasteiger partial charge is 0.805 e. The van der Waals surface area contributed by atoms with E-state index in [1.807, 2.05) is 0 Å². The first-order valence-corrected chi connectivity index (χ1v) is 11.3. The third kappa shape index (κ3) is 4.88. The second-order valence-corrected chi connectivity index (χ2v) is 9.26. The van der Waals surface area contributed by atoms with Gasteiger partial charge in [-0.05, 0) is 37.1 Å². The number of hydrogen-bond acceptors (Lipinski definition) is 9. The normalized spacial score (nSPS) is 11.9. The summed E-state index contributed by atoms with van der Waals surface area (Å²) in [6, 6.07) is 4.18. The predicted octanol–water partition coefficient (Wildman–Crippen LogP) is 2.08. The predicted molar refractivity (Wildman–Crippen MR) is 99.7 cm³/mol. The maximum absolute atomic E-state index is 12.2. The lowest BCUT2D eigenvalue weighted by molar-refractivity contribution is 0.413. The zero-order chi connectivity index (χ0) is 21.4. The molecule has 0 fully saturated rings. The van der Waals surface area contributed by atoms with Crippen molar-refractivity contribution in [1.82, 2.24) is 0 Å². The molecule has 0 atom stereocenters. The van der Waals surface area contributed by atoms with Crippen LogP contribution in [0.2, 0.25) is 0 Å². The molecule has 152 valence electrons. The topological polar surface area (TPSA) is 196 Å². The molecule has 0 aliphatic heterocycles. The minimum absolute atomic E-state index is 0.0637. The van der Waals surface area contributed by atoms with Crippen molar-refractivity contribution in [2.45, 2.75) is 23.6 Å². The van der Waals surface area contributed by atoms with E-state index in [4.69, 9.17) is 29.6 Å². The van der Waals surface area contributed by atoms with E-state index >= 15 is 0 Å². The highest BCUT2D eigenvalue weighted by molar-refractivity contribution is 7.86. The molecular formula is C14H16N2O9PS2+. The molecule has 0 saturated heterocycles. The molecule has 2 aromatic carbocycles. The van der Waals surface area contributed by atoms with Crippen LogP contribution in [0.3, 0.4) is 0 Å². The van der Waals surface area contributed by atoms with Gasteiger partial charge in [0.15, 0.2) is 11.5 Å². The van der Waals surface area contributed by atoms with Crippen molar-refractivity contribution >= 4 is 39.9 Å². The summed E-state index contributed by atoms with van der Waals surface area (Å²) in [4.78, 5) is -1.06. The Morgan fingerprint density at radius 2 is 1.11 bits per heavy atom. The highest BCUT2D eigenvalue weighted by atomic mass is 32.2. The first kappa shape index (κ1) is 21.9. The number of aryl methyl sites for hydroxylation is 2. The Bertz CT molecular complexity index is 1090. The average molecular weight is 451 g/mol. The van der Waals surface area contributed by atoms with Crippen LogP contribution >= 0.6 is 8.25 Å². The van der Waals surface area contributed by atoms with Gasteiger partial charge in [-0.3, -0.25) is 9.11 Å². The second kappa shape index (κ2) is 7.53. The number of benzene rings is 2. The van der Waals surface area contributed by atoms with Crippen LogP contribution in [0.4, 0.5) is 11.4 Å². The summed E-state index contributed by atoms with van der Waals surface area (Å²) in [5, 5.41) is 0. The molecule has 0 unspecified atom stereocenters. The van der Waals surface area contributed by atoms with E-state index in [9.17, 15) is 21.4 Å². The van der Waals surface area contributed by atoms with E-state index < -0.39 is 38.3 Å². The van der Waals surface area contributed by atoms with E-state index in [2.05, 4.69) is 0 Å². The van der Waals surface area contributed by atoms with Crippen molar-refractivity contribution in [3.05, 3.63) is 35.4 Å². The summed E-state index contributed by atoms with van der Waals surface area (Å²) in [7, 11) is -11.9. The van der Waals surface area contributed by atoms with Crippen molar-refractivity contribution in [1.29, 1.82) is 0 Å². The molecular weight excluding hydrogens is 435 g/mol. The Balaban J connectivity index is 2.28. The highest BCUT2D eigenvalue weighted by Crippen LogP contribution is 2.38. The van der Waals surface area contributed by atoms with Crippen LogP contribution in [0.1, 0.15) is 11.1 Å². The van der Waals surface area contributed by atoms with Crippen molar-refractivity contribution in [2.75, 3.05) is 11.5 Å². The Morgan fingerprint density at radius 3 is 1.39 bits per heavy atom. The first-order chi connectivity index (χ1) is 12.7. The van der Waals surface area contributed by atoms with E-state index in [1.54, 1.807) is 0 Å². The Kier molecular flexibility index (Phi) is 5.87. The van der Waals surface area contributed by atoms with E-state index in [0.717, 1.165) is 24.3 Å². The fraction of sp³-hybridized carbons (Fsp3) is 0.143. The molecule has 0 spiro atoms. The molecule has 0 aromatic heterocycles. The Labute approximate surface area is 161 Å². The second-order valence-electron chi connectivity index (χ2n) is 5.67. The van der Waals surface area contributed by atoms with Gasteiger partial charge in [-0.15, -0.1) is 0 Å². The van der Waals surface area contributed by atoms with Crippen LogP contribution in [0, 0.1) is 13.8 Å². The van der Waals surface area contributed by atoms with Crippen LogP contribution < -0.4 is 20.5 Å². The first-order valence-electron chi connectivity index (χ1n) is 7.28. The van der Waals surface area contributed by atoms with Gasteiger partial charge >= 0.3 is 8.25 Å². The van der Waals surface area contributed by atoms with Crippen LogP contribution in [0.5, 0.6) is 11.5 Å². The molecule has 14 heteroatoms.